The van der Waals surface area contributed by atoms with E-state index in [1.165, 1.54) is 180 Å². The molecule has 0 saturated heterocycles. The highest BCUT2D eigenvalue weighted by Crippen LogP contribution is 2.45. The summed E-state index contributed by atoms with van der Waals surface area (Å²) in [6.45, 7) is 9.46. The van der Waals surface area contributed by atoms with Crippen LogP contribution in [0, 0.1) is 11.8 Å². The third kappa shape index (κ3) is 66.7. The fraction of sp³-hybridized carbons (Fsp3) is 0.945. The molecule has 0 aromatic rings. The van der Waals surface area contributed by atoms with E-state index in [-0.39, 0.29) is 25.7 Å². The summed E-state index contributed by atoms with van der Waals surface area (Å²) in [7, 11) is -9.90. The van der Waals surface area contributed by atoms with E-state index in [2.05, 4.69) is 41.5 Å². The highest BCUT2D eigenvalue weighted by Gasteiger charge is 2.30. The summed E-state index contributed by atoms with van der Waals surface area (Å²) in [4.78, 5) is 72.5. The Bertz CT molecular complexity index is 1790. The molecule has 546 valence electrons. The van der Waals surface area contributed by atoms with E-state index >= 15 is 0 Å². The molecule has 3 N–H and O–H groups in total. The van der Waals surface area contributed by atoms with Crippen molar-refractivity contribution in [1.29, 1.82) is 0 Å². The van der Waals surface area contributed by atoms with Crippen LogP contribution in [0.3, 0.4) is 0 Å². The third-order valence-corrected chi connectivity index (χ3v) is 18.9. The molecule has 0 fully saturated rings. The number of aliphatic hydroxyl groups excluding tert-OH is 1. The number of ether oxygens (including phenoxy) is 4. The molecule has 0 spiro atoms. The minimum absolute atomic E-state index is 0.102. The van der Waals surface area contributed by atoms with Gasteiger partial charge in [0, 0.05) is 25.7 Å². The van der Waals surface area contributed by atoms with Crippen molar-refractivity contribution in [3.05, 3.63) is 0 Å². The lowest BCUT2D eigenvalue weighted by atomic mass is 10.0. The van der Waals surface area contributed by atoms with Gasteiger partial charge in [-0.25, -0.2) is 9.13 Å². The molecule has 0 rings (SSSR count). The van der Waals surface area contributed by atoms with Crippen molar-refractivity contribution in [1.82, 2.24) is 0 Å². The van der Waals surface area contributed by atoms with E-state index in [0.717, 1.165) is 109 Å². The smallest absolute Gasteiger partial charge is 0.462 e. The number of carbonyl (C=O) groups is 4. The molecule has 0 amide bonds. The Hall–Kier alpha value is -1.94. The fourth-order valence-electron chi connectivity index (χ4n) is 11.1. The molecule has 0 aliphatic heterocycles. The highest BCUT2D eigenvalue weighted by atomic mass is 31.2. The van der Waals surface area contributed by atoms with E-state index in [9.17, 15) is 43.2 Å². The van der Waals surface area contributed by atoms with Gasteiger partial charge in [0.1, 0.15) is 19.3 Å². The number of hydrogen-bond donors (Lipinski definition) is 3. The van der Waals surface area contributed by atoms with Gasteiger partial charge < -0.3 is 33.8 Å². The second kappa shape index (κ2) is 65.0. The maximum absolute atomic E-state index is 13.1. The molecule has 5 atom stereocenters. The van der Waals surface area contributed by atoms with Crippen molar-refractivity contribution in [2.24, 2.45) is 11.8 Å². The van der Waals surface area contributed by atoms with Crippen LogP contribution in [-0.2, 0) is 65.4 Å². The average molecular weight is 1350 g/mol. The van der Waals surface area contributed by atoms with Gasteiger partial charge in [0.2, 0.25) is 0 Å². The normalized spacial score (nSPS) is 14.1. The van der Waals surface area contributed by atoms with E-state index in [1.807, 2.05) is 0 Å². The minimum Gasteiger partial charge on any atom is -0.462 e. The largest absolute Gasteiger partial charge is 0.472 e. The Kier molecular flexibility index (Phi) is 63.7. The van der Waals surface area contributed by atoms with Gasteiger partial charge in [0.15, 0.2) is 12.2 Å². The van der Waals surface area contributed by atoms with Gasteiger partial charge in [-0.15, -0.1) is 0 Å². The second-order valence-corrected chi connectivity index (χ2v) is 30.2. The van der Waals surface area contributed by atoms with Crippen LogP contribution < -0.4 is 0 Å². The Balaban J connectivity index is 5.16. The standard InChI is InChI=1S/C73H142O17P2/c1-7-9-11-13-15-16-17-18-19-20-21-22-23-28-31-34-38-45-51-57-72(77)89-68(62-84-71(76)56-50-44-37-33-30-27-25-24-26-29-32-36-41-47-53-65(3)4)63-87-91(79,80)85-59-67(74)60-86-92(81,82)88-64-69(61-83-70(75)55-49-43-35-14-12-10-8-2)90-73(78)58-52-46-40-39-42-48-54-66(5)6/h65-69,74H,7-64H2,1-6H3,(H,79,80)(H,81,82)/t67-,68-,69-/m1/s1. The molecule has 0 heterocycles. The summed E-state index contributed by atoms with van der Waals surface area (Å²) in [5.41, 5.74) is 0. The van der Waals surface area contributed by atoms with E-state index < -0.39 is 97.5 Å². The first-order valence-electron chi connectivity index (χ1n) is 38.0. The molecule has 0 saturated carbocycles. The van der Waals surface area contributed by atoms with Crippen molar-refractivity contribution in [3.8, 4) is 0 Å². The summed E-state index contributed by atoms with van der Waals surface area (Å²) in [5.74, 6) is -0.660. The lowest BCUT2D eigenvalue weighted by Crippen LogP contribution is -2.30. The SMILES string of the molecule is CCCCCCCCCCCCCCCCCCCCCC(=O)O[C@H](COC(=O)CCCCCCCCCCCCCCCCC(C)C)COP(=O)(O)OC[C@@H](O)COP(=O)(O)OC[C@@H](COC(=O)CCCCCCCCC)OC(=O)CCCCCCCCC(C)C. The second-order valence-electron chi connectivity index (χ2n) is 27.3. The topological polar surface area (TPSA) is 237 Å². The van der Waals surface area contributed by atoms with Gasteiger partial charge in [0.05, 0.1) is 26.4 Å². The van der Waals surface area contributed by atoms with Crippen LogP contribution in [0.2, 0.25) is 0 Å². The average Bonchev–Trinajstić information content (AvgIpc) is 1.73. The number of phosphoric ester groups is 2. The molecule has 2 unspecified atom stereocenters. The van der Waals surface area contributed by atoms with Gasteiger partial charge >= 0.3 is 39.5 Å². The lowest BCUT2D eigenvalue weighted by molar-refractivity contribution is -0.161. The molecule has 0 bridgehead atoms. The van der Waals surface area contributed by atoms with Crippen molar-refractivity contribution in [2.45, 2.75) is 394 Å². The Morgan fingerprint density at radius 1 is 0.293 bits per heavy atom. The van der Waals surface area contributed by atoms with Crippen LogP contribution >= 0.6 is 15.6 Å². The van der Waals surface area contributed by atoms with Crippen molar-refractivity contribution in [3.63, 3.8) is 0 Å². The number of rotatable bonds is 72. The summed E-state index contributed by atoms with van der Waals surface area (Å²) < 4.78 is 68.2. The van der Waals surface area contributed by atoms with Crippen LogP contribution in [0.1, 0.15) is 375 Å². The van der Waals surface area contributed by atoms with E-state index in [1.54, 1.807) is 0 Å². The van der Waals surface area contributed by atoms with Crippen LogP contribution in [0.5, 0.6) is 0 Å². The van der Waals surface area contributed by atoms with Crippen LogP contribution in [0.15, 0.2) is 0 Å². The van der Waals surface area contributed by atoms with Gasteiger partial charge in [-0.2, -0.15) is 0 Å². The number of aliphatic hydroxyl groups is 1. The molecule has 17 nitrogen and oxygen atoms in total. The molecule has 19 heteroatoms. The van der Waals surface area contributed by atoms with Gasteiger partial charge in [-0.3, -0.25) is 37.3 Å². The molecule has 92 heavy (non-hydrogen) atoms. The summed E-state index contributed by atoms with van der Waals surface area (Å²) in [6.07, 6.45) is 51.8. The quantitative estimate of drug-likeness (QED) is 0.0222. The Morgan fingerprint density at radius 2 is 0.500 bits per heavy atom. The molecule has 0 radical (unpaired) electrons. The first-order chi connectivity index (χ1) is 44.4. The number of hydrogen-bond acceptors (Lipinski definition) is 15. The number of carbonyl (C=O) groups excluding carboxylic acids is 4. The zero-order valence-electron chi connectivity index (χ0n) is 59.9. The lowest BCUT2D eigenvalue weighted by Gasteiger charge is -2.21. The van der Waals surface area contributed by atoms with E-state index in [0.29, 0.717) is 31.6 Å². The predicted octanol–water partition coefficient (Wildman–Crippen LogP) is 21.2. The first-order valence-corrected chi connectivity index (χ1v) is 41.0. The van der Waals surface area contributed by atoms with Crippen LogP contribution in [0.25, 0.3) is 0 Å². The number of phosphoric acid groups is 2. The van der Waals surface area contributed by atoms with Crippen LogP contribution in [-0.4, -0.2) is 96.7 Å². The van der Waals surface area contributed by atoms with Crippen molar-refractivity contribution < 1.29 is 80.2 Å². The predicted molar refractivity (Wildman–Crippen MR) is 372 cm³/mol. The Morgan fingerprint density at radius 3 is 0.739 bits per heavy atom. The molecule has 0 aliphatic carbocycles. The third-order valence-electron chi connectivity index (χ3n) is 17.0. The summed E-state index contributed by atoms with van der Waals surface area (Å²) >= 11 is 0. The Labute approximate surface area is 562 Å². The molecule has 0 aromatic carbocycles. The number of unbranched alkanes of at least 4 members (excludes halogenated alkanes) is 42. The molecular weight excluding hydrogens is 1210 g/mol. The van der Waals surface area contributed by atoms with Crippen molar-refractivity contribution >= 4 is 39.5 Å². The number of esters is 4. The minimum atomic E-state index is -4.95. The van der Waals surface area contributed by atoms with Crippen molar-refractivity contribution in [2.75, 3.05) is 39.6 Å². The van der Waals surface area contributed by atoms with Gasteiger partial charge in [-0.05, 0) is 37.5 Å². The van der Waals surface area contributed by atoms with Gasteiger partial charge in [0.25, 0.3) is 0 Å². The monoisotopic (exact) mass is 1350 g/mol. The first kappa shape index (κ1) is 90.1. The fourth-order valence-corrected chi connectivity index (χ4v) is 12.7. The molecule has 0 aromatic heterocycles. The summed E-state index contributed by atoms with van der Waals surface area (Å²) in [5, 5.41) is 10.6. The summed E-state index contributed by atoms with van der Waals surface area (Å²) in [6, 6.07) is 0. The zero-order valence-corrected chi connectivity index (χ0v) is 61.6. The van der Waals surface area contributed by atoms with Gasteiger partial charge in [-0.1, -0.05) is 324 Å². The molecular formula is C73H142O17P2. The maximum Gasteiger partial charge on any atom is 0.472 e. The van der Waals surface area contributed by atoms with Crippen LogP contribution in [0.4, 0.5) is 0 Å². The highest BCUT2D eigenvalue weighted by molar-refractivity contribution is 7.47. The maximum atomic E-state index is 13.1. The van der Waals surface area contributed by atoms with E-state index in [4.69, 9.17) is 37.0 Å². The zero-order chi connectivity index (χ0) is 67.9. The molecule has 0 aliphatic rings.